The van der Waals surface area contributed by atoms with Crippen LogP contribution in [0.1, 0.15) is 26.3 Å². The lowest BCUT2D eigenvalue weighted by Gasteiger charge is -2.06. The number of Topliss-reactive ketones (excluding diaryl/α,β-unsaturated/α-hetero) is 1. The first-order valence-electron chi connectivity index (χ1n) is 8.32. The van der Waals surface area contributed by atoms with E-state index in [1.807, 2.05) is 24.3 Å². The summed E-state index contributed by atoms with van der Waals surface area (Å²) in [6.45, 7) is 0. The van der Waals surface area contributed by atoms with E-state index in [2.05, 4.69) is 15.9 Å². The smallest absolute Gasteiger partial charge is 0.345 e. The zero-order valence-corrected chi connectivity index (χ0v) is 16.7. The fourth-order valence-corrected chi connectivity index (χ4v) is 3.21. The number of hydrogen-bond acceptors (Lipinski definition) is 4. The SMILES string of the molecule is O=C(Oc1ccc2c(c1)OC(=Cc1ccc(Br)cc1)C2=O)c1ccccc1Cl. The summed E-state index contributed by atoms with van der Waals surface area (Å²) in [5.74, 6) is 0.0217. The highest BCUT2D eigenvalue weighted by molar-refractivity contribution is 9.10. The minimum Gasteiger partial charge on any atom is -0.452 e. The molecule has 0 unspecified atom stereocenters. The molecule has 138 valence electrons. The van der Waals surface area contributed by atoms with Crippen molar-refractivity contribution < 1.29 is 19.1 Å². The minimum atomic E-state index is -0.583. The lowest BCUT2D eigenvalue weighted by molar-refractivity contribution is 0.0734. The van der Waals surface area contributed by atoms with Crippen LogP contribution < -0.4 is 9.47 Å². The molecule has 3 aromatic carbocycles. The third-order valence-corrected chi connectivity index (χ3v) is 4.97. The molecule has 0 radical (unpaired) electrons. The summed E-state index contributed by atoms with van der Waals surface area (Å²) < 4.78 is 12.0. The summed E-state index contributed by atoms with van der Waals surface area (Å²) in [6.07, 6.45) is 1.67. The predicted octanol–water partition coefficient (Wildman–Crippen LogP) is 5.94. The number of allylic oxidation sites excluding steroid dienone is 1. The maximum absolute atomic E-state index is 12.5. The highest BCUT2D eigenvalue weighted by Crippen LogP contribution is 2.35. The maximum Gasteiger partial charge on any atom is 0.345 e. The van der Waals surface area contributed by atoms with Crippen molar-refractivity contribution in [1.82, 2.24) is 0 Å². The number of esters is 1. The number of ether oxygens (including phenoxy) is 2. The number of halogens is 2. The van der Waals surface area contributed by atoms with E-state index in [-0.39, 0.29) is 22.9 Å². The van der Waals surface area contributed by atoms with Crippen molar-refractivity contribution >= 4 is 45.4 Å². The highest BCUT2D eigenvalue weighted by atomic mass is 79.9. The number of fused-ring (bicyclic) bond motifs is 1. The molecular formula is C22H12BrClO4. The van der Waals surface area contributed by atoms with E-state index in [1.165, 1.54) is 6.07 Å². The van der Waals surface area contributed by atoms with Gasteiger partial charge in [-0.25, -0.2) is 4.79 Å². The van der Waals surface area contributed by atoms with Crippen molar-refractivity contribution in [3.05, 3.63) is 98.7 Å². The minimum absolute atomic E-state index is 0.215. The second-order valence-corrected chi connectivity index (χ2v) is 7.34. The second kappa shape index (κ2) is 7.62. The van der Waals surface area contributed by atoms with Gasteiger partial charge in [-0.2, -0.15) is 0 Å². The van der Waals surface area contributed by atoms with Gasteiger partial charge in [-0.05, 0) is 48.0 Å². The average molecular weight is 456 g/mol. The summed E-state index contributed by atoms with van der Waals surface area (Å²) in [7, 11) is 0. The Bertz CT molecular complexity index is 1120. The van der Waals surface area contributed by atoms with Crippen LogP contribution >= 0.6 is 27.5 Å². The van der Waals surface area contributed by atoms with Gasteiger partial charge in [0.25, 0.3) is 0 Å². The molecule has 0 fully saturated rings. The second-order valence-electron chi connectivity index (χ2n) is 6.02. The Morgan fingerprint density at radius 3 is 2.54 bits per heavy atom. The summed E-state index contributed by atoms with van der Waals surface area (Å²) in [5.41, 5.74) is 1.52. The van der Waals surface area contributed by atoms with Gasteiger partial charge in [0.1, 0.15) is 11.5 Å². The molecule has 0 atom stereocenters. The molecule has 0 saturated carbocycles. The number of carbonyl (C=O) groups is 2. The monoisotopic (exact) mass is 454 g/mol. The summed E-state index contributed by atoms with van der Waals surface area (Å²) in [5, 5.41) is 0.305. The van der Waals surface area contributed by atoms with E-state index in [4.69, 9.17) is 21.1 Å². The molecule has 0 amide bonds. The molecule has 0 aliphatic carbocycles. The molecule has 0 saturated heterocycles. The number of hydrogen-bond donors (Lipinski definition) is 0. The standard InChI is InChI=1S/C22H12BrClO4/c23-14-7-5-13(6-8-14)11-20-21(25)17-10-9-15(12-19(17)28-20)27-22(26)16-3-1-2-4-18(16)24/h1-12H. The third-order valence-electron chi connectivity index (χ3n) is 4.11. The first kappa shape index (κ1) is 18.5. The van der Waals surface area contributed by atoms with Crippen LogP contribution in [0.4, 0.5) is 0 Å². The van der Waals surface area contributed by atoms with Gasteiger partial charge in [0.2, 0.25) is 5.78 Å². The first-order chi connectivity index (χ1) is 13.5. The fraction of sp³-hybridized carbons (Fsp3) is 0. The Hall–Kier alpha value is -2.89. The van der Waals surface area contributed by atoms with Gasteiger partial charge in [-0.3, -0.25) is 4.79 Å². The Morgan fingerprint density at radius 1 is 1.04 bits per heavy atom. The van der Waals surface area contributed by atoms with Gasteiger partial charge in [0.05, 0.1) is 16.1 Å². The normalized spacial score (nSPS) is 13.9. The Kier molecular flexibility index (Phi) is 5.03. The molecule has 0 spiro atoms. The lowest BCUT2D eigenvalue weighted by atomic mass is 10.1. The van der Waals surface area contributed by atoms with Crippen molar-refractivity contribution in [3.63, 3.8) is 0 Å². The van der Waals surface area contributed by atoms with Crippen molar-refractivity contribution in [2.45, 2.75) is 0 Å². The van der Waals surface area contributed by atoms with Gasteiger partial charge in [0, 0.05) is 10.5 Å². The van der Waals surface area contributed by atoms with Crippen molar-refractivity contribution in [2.24, 2.45) is 0 Å². The summed E-state index contributed by atoms with van der Waals surface area (Å²) in [4.78, 5) is 24.8. The van der Waals surface area contributed by atoms with Gasteiger partial charge < -0.3 is 9.47 Å². The predicted molar refractivity (Wildman–Crippen MR) is 110 cm³/mol. The van der Waals surface area contributed by atoms with E-state index >= 15 is 0 Å². The number of rotatable bonds is 3. The number of carbonyl (C=O) groups excluding carboxylic acids is 2. The maximum atomic E-state index is 12.5. The molecule has 0 aromatic heterocycles. The highest BCUT2D eigenvalue weighted by Gasteiger charge is 2.28. The van der Waals surface area contributed by atoms with Crippen LogP contribution in [0.3, 0.4) is 0 Å². The van der Waals surface area contributed by atoms with Gasteiger partial charge >= 0.3 is 5.97 Å². The van der Waals surface area contributed by atoms with E-state index in [0.717, 1.165) is 10.0 Å². The van der Waals surface area contributed by atoms with Crippen molar-refractivity contribution in [2.75, 3.05) is 0 Å². The van der Waals surface area contributed by atoms with Gasteiger partial charge in [-0.15, -0.1) is 0 Å². The third kappa shape index (κ3) is 3.72. The van der Waals surface area contributed by atoms with Crippen molar-refractivity contribution in [1.29, 1.82) is 0 Å². The zero-order chi connectivity index (χ0) is 19.7. The number of benzene rings is 3. The molecule has 0 bridgehead atoms. The van der Waals surface area contributed by atoms with Crippen LogP contribution in [0.5, 0.6) is 11.5 Å². The average Bonchev–Trinajstić information content (AvgIpc) is 2.99. The zero-order valence-electron chi connectivity index (χ0n) is 14.3. The number of ketones is 1. The quantitative estimate of drug-likeness (QED) is 0.279. The molecule has 4 nitrogen and oxygen atoms in total. The molecular weight excluding hydrogens is 444 g/mol. The molecule has 1 heterocycles. The largest absolute Gasteiger partial charge is 0.452 e. The van der Waals surface area contributed by atoms with E-state index in [1.54, 1.807) is 42.5 Å². The lowest BCUT2D eigenvalue weighted by Crippen LogP contribution is -2.09. The molecule has 1 aliphatic rings. The Balaban J connectivity index is 1.56. The molecule has 6 heteroatoms. The van der Waals surface area contributed by atoms with Crippen LogP contribution in [0, 0.1) is 0 Å². The van der Waals surface area contributed by atoms with Gasteiger partial charge in [-0.1, -0.05) is 51.8 Å². The topological polar surface area (TPSA) is 52.6 Å². The van der Waals surface area contributed by atoms with E-state index in [9.17, 15) is 9.59 Å². The van der Waals surface area contributed by atoms with E-state index in [0.29, 0.717) is 16.3 Å². The first-order valence-corrected chi connectivity index (χ1v) is 9.49. The molecule has 0 N–H and O–H groups in total. The van der Waals surface area contributed by atoms with E-state index < -0.39 is 5.97 Å². The molecule has 4 rings (SSSR count). The summed E-state index contributed by atoms with van der Waals surface area (Å²) in [6, 6.07) is 18.8. The molecule has 1 aliphatic heterocycles. The van der Waals surface area contributed by atoms with Crippen LogP contribution in [0.25, 0.3) is 6.08 Å². The molecule has 28 heavy (non-hydrogen) atoms. The molecule has 3 aromatic rings. The van der Waals surface area contributed by atoms with Crippen LogP contribution in [-0.4, -0.2) is 11.8 Å². The Morgan fingerprint density at radius 2 is 1.79 bits per heavy atom. The Labute approximate surface area is 174 Å². The van der Waals surface area contributed by atoms with Crippen LogP contribution in [-0.2, 0) is 0 Å². The van der Waals surface area contributed by atoms with Crippen LogP contribution in [0.15, 0.2) is 77.0 Å². The van der Waals surface area contributed by atoms with Gasteiger partial charge in [0.15, 0.2) is 5.76 Å². The van der Waals surface area contributed by atoms with Crippen LogP contribution in [0.2, 0.25) is 5.02 Å². The fourth-order valence-electron chi connectivity index (χ4n) is 2.73. The van der Waals surface area contributed by atoms with Crippen molar-refractivity contribution in [3.8, 4) is 11.5 Å². The summed E-state index contributed by atoms with van der Waals surface area (Å²) >= 11 is 9.40.